The highest BCUT2D eigenvalue weighted by Gasteiger charge is 2.45. The summed E-state index contributed by atoms with van der Waals surface area (Å²) in [4.78, 5) is 28.0. The summed E-state index contributed by atoms with van der Waals surface area (Å²) in [6.45, 7) is 3.77. The van der Waals surface area contributed by atoms with Crippen LogP contribution in [0, 0.1) is 22.0 Å². The molecule has 2 fully saturated rings. The Labute approximate surface area is 255 Å². The van der Waals surface area contributed by atoms with Gasteiger partial charge in [-0.25, -0.2) is 5.01 Å². The van der Waals surface area contributed by atoms with Gasteiger partial charge in [-0.05, 0) is 97.2 Å². The largest absolute Gasteiger partial charge is 0.366 e. The number of nitrogens with zero attached hydrogens (tertiary/aromatic N) is 4. The van der Waals surface area contributed by atoms with Crippen molar-refractivity contribution in [1.29, 1.82) is 0 Å². The first kappa shape index (κ1) is 28.4. The number of halogens is 2. The van der Waals surface area contributed by atoms with Crippen molar-refractivity contribution in [2.24, 2.45) is 16.9 Å². The van der Waals surface area contributed by atoms with Gasteiger partial charge >= 0.3 is 0 Å². The molecule has 3 aromatic rings. The molecule has 1 saturated carbocycles. The molecule has 3 aromatic carbocycles. The average Bonchev–Trinajstić information content (AvgIpc) is 3.38. The lowest BCUT2D eigenvalue weighted by atomic mass is 9.73. The van der Waals surface area contributed by atoms with Gasteiger partial charge in [0.25, 0.3) is 11.6 Å². The zero-order chi connectivity index (χ0) is 29.4. The van der Waals surface area contributed by atoms with Crippen LogP contribution in [0.2, 0.25) is 10.0 Å². The standard InChI is InChI=1S/C33H32Cl2N4O3/c1-21-17-25(19-22-5-10-26(34)11-6-22)31-28(18-21)32(23-7-12-27(35)13-8-23)38(36-31)33(40)24-9-14-29(30(20-24)39(41)42)37-15-3-2-4-16-37/h5-14,19-21,28,32H,2-4,15-18H2,1H3/b25-19-. The number of hydrogen-bond donors (Lipinski definition) is 0. The van der Waals surface area contributed by atoms with E-state index >= 15 is 0 Å². The van der Waals surface area contributed by atoms with Crippen LogP contribution in [0.4, 0.5) is 11.4 Å². The first-order valence-corrected chi connectivity index (χ1v) is 15.2. The van der Waals surface area contributed by atoms with E-state index < -0.39 is 0 Å². The maximum atomic E-state index is 14.2. The molecule has 216 valence electrons. The predicted octanol–water partition coefficient (Wildman–Crippen LogP) is 8.57. The molecular formula is C33H32Cl2N4O3. The molecule has 3 atom stereocenters. The molecule has 0 spiro atoms. The van der Waals surface area contributed by atoms with Gasteiger partial charge in [-0.2, -0.15) is 5.10 Å². The topological polar surface area (TPSA) is 79.0 Å². The van der Waals surface area contributed by atoms with Crippen LogP contribution in [0.5, 0.6) is 0 Å². The Morgan fingerprint density at radius 1 is 0.976 bits per heavy atom. The van der Waals surface area contributed by atoms with Gasteiger partial charge in [-0.3, -0.25) is 14.9 Å². The number of allylic oxidation sites excluding steroid dienone is 1. The molecule has 0 bridgehead atoms. The van der Waals surface area contributed by atoms with E-state index in [9.17, 15) is 14.9 Å². The van der Waals surface area contributed by atoms with Gasteiger partial charge in [0, 0.05) is 40.7 Å². The van der Waals surface area contributed by atoms with Crippen LogP contribution in [-0.2, 0) is 0 Å². The van der Waals surface area contributed by atoms with E-state index in [1.165, 1.54) is 11.1 Å². The van der Waals surface area contributed by atoms with Crippen LogP contribution in [0.1, 0.15) is 66.6 Å². The van der Waals surface area contributed by atoms with Gasteiger partial charge in [0.05, 0.1) is 16.7 Å². The maximum Gasteiger partial charge on any atom is 0.293 e. The van der Waals surface area contributed by atoms with Gasteiger partial charge in [0.2, 0.25) is 0 Å². The Hall–Kier alpha value is -3.68. The van der Waals surface area contributed by atoms with E-state index in [1.807, 2.05) is 53.4 Å². The first-order valence-electron chi connectivity index (χ1n) is 14.5. The van der Waals surface area contributed by atoms with Crippen LogP contribution in [-0.4, -0.2) is 34.6 Å². The van der Waals surface area contributed by atoms with Gasteiger partial charge in [0.15, 0.2) is 0 Å². The molecule has 3 aliphatic rings. The minimum Gasteiger partial charge on any atom is -0.366 e. The van der Waals surface area contributed by atoms with Gasteiger partial charge in [-0.1, -0.05) is 54.4 Å². The summed E-state index contributed by atoms with van der Waals surface area (Å²) in [7, 11) is 0. The van der Waals surface area contributed by atoms with Crippen molar-refractivity contribution in [1.82, 2.24) is 5.01 Å². The van der Waals surface area contributed by atoms with E-state index in [2.05, 4.69) is 13.0 Å². The summed E-state index contributed by atoms with van der Waals surface area (Å²) in [6, 6.07) is 19.7. The molecule has 7 nitrogen and oxygen atoms in total. The van der Waals surface area contributed by atoms with Crippen molar-refractivity contribution in [2.45, 2.75) is 45.1 Å². The number of nitro groups is 1. The third-order valence-corrected chi connectivity index (χ3v) is 9.02. The number of rotatable bonds is 5. The lowest BCUT2D eigenvalue weighted by Gasteiger charge is -2.32. The molecule has 1 saturated heterocycles. The second kappa shape index (κ2) is 11.9. The molecule has 0 N–H and O–H groups in total. The number of fused-ring (bicyclic) bond motifs is 1. The van der Waals surface area contributed by atoms with Crippen LogP contribution in [0.25, 0.3) is 6.08 Å². The number of amides is 1. The number of nitro benzene ring substituents is 1. The SMILES string of the molecule is CC1C/C(=C/c2ccc(Cl)cc2)C2=NN(C(=O)c3ccc(N4CCCCC4)c([N+](=O)[O-])c3)C(c3ccc(Cl)cc3)C2C1. The van der Waals surface area contributed by atoms with Crippen molar-refractivity contribution in [2.75, 3.05) is 18.0 Å². The quantitative estimate of drug-likeness (QED) is 0.216. The third kappa shape index (κ3) is 5.68. The molecule has 0 radical (unpaired) electrons. The van der Waals surface area contributed by atoms with Crippen molar-refractivity contribution in [3.63, 3.8) is 0 Å². The fourth-order valence-corrected chi connectivity index (χ4v) is 6.80. The van der Waals surface area contributed by atoms with Crippen molar-refractivity contribution in [3.05, 3.63) is 109 Å². The number of piperidine rings is 1. The summed E-state index contributed by atoms with van der Waals surface area (Å²) in [5.74, 6) is -0.00839. The molecule has 1 aliphatic carbocycles. The molecule has 6 rings (SSSR count). The molecule has 0 aromatic heterocycles. The Morgan fingerprint density at radius 2 is 1.64 bits per heavy atom. The highest BCUT2D eigenvalue weighted by molar-refractivity contribution is 6.30. The molecular weight excluding hydrogens is 571 g/mol. The first-order chi connectivity index (χ1) is 20.3. The zero-order valence-corrected chi connectivity index (χ0v) is 24.9. The summed E-state index contributed by atoms with van der Waals surface area (Å²) >= 11 is 12.3. The monoisotopic (exact) mass is 602 g/mol. The Kier molecular flexibility index (Phi) is 8.06. The van der Waals surface area contributed by atoms with Crippen LogP contribution < -0.4 is 4.90 Å². The number of hydrogen-bond acceptors (Lipinski definition) is 5. The summed E-state index contributed by atoms with van der Waals surface area (Å²) in [5, 5.41) is 20.0. The number of carbonyl (C=O) groups is 1. The van der Waals surface area contributed by atoms with Crippen molar-refractivity contribution >= 4 is 52.3 Å². The van der Waals surface area contributed by atoms with Crippen molar-refractivity contribution < 1.29 is 9.72 Å². The summed E-state index contributed by atoms with van der Waals surface area (Å²) in [5.41, 5.74) is 4.68. The summed E-state index contributed by atoms with van der Waals surface area (Å²) < 4.78 is 0. The Morgan fingerprint density at radius 3 is 2.31 bits per heavy atom. The molecule has 2 aliphatic heterocycles. The van der Waals surface area contributed by atoms with E-state index in [1.54, 1.807) is 12.1 Å². The van der Waals surface area contributed by atoms with E-state index in [4.69, 9.17) is 28.3 Å². The number of benzene rings is 3. The summed E-state index contributed by atoms with van der Waals surface area (Å²) in [6.07, 6.45) is 6.94. The molecule has 2 heterocycles. The maximum absolute atomic E-state index is 14.2. The fourth-order valence-electron chi connectivity index (χ4n) is 6.55. The number of hydrazone groups is 1. The third-order valence-electron chi connectivity index (χ3n) is 8.51. The number of anilines is 1. The lowest BCUT2D eigenvalue weighted by molar-refractivity contribution is -0.384. The van der Waals surface area contributed by atoms with Crippen LogP contribution >= 0.6 is 23.2 Å². The van der Waals surface area contributed by atoms with E-state index in [0.29, 0.717) is 21.7 Å². The van der Waals surface area contributed by atoms with Crippen LogP contribution in [0.15, 0.2) is 77.4 Å². The normalized spacial score (nSPS) is 23.1. The second-order valence-corrected chi connectivity index (χ2v) is 12.4. The smallest absolute Gasteiger partial charge is 0.293 e. The van der Waals surface area contributed by atoms with Crippen LogP contribution in [0.3, 0.4) is 0 Å². The highest BCUT2D eigenvalue weighted by Crippen LogP contribution is 2.47. The lowest BCUT2D eigenvalue weighted by Crippen LogP contribution is -2.33. The Balaban J connectivity index is 1.41. The molecule has 42 heavy (non-hydrogen) atoms. The van der Waals surface area contributed by atoms with E-state index in [0.717, 1.165) is 67.6 Å². The Bertz CT molecular complexity index is 1560. The van der Waals surface area contributed by atoms with Crippen molar-refractivity contribution in [3.8, 4) is 0 Å². The molecule has 3 unspecified atom stereocenters. The second-order valence-electron chi connectivity index (χ2n) is 11.5. The minimum absolute atomic E-state index is 0.0277. The minimum atomic E-state index is -0.387. The van der Waals surface area contributed by atoms with E-state index in [-0.39, 0.29) is 34.0 Å². The molecule has 1 amide bonds. The molecule has 9 heteroatoms. The average molecular weight is 604 g/mol. The predicted molar refractivity (Wildman–Crippen MR) is 168 cm³/mol. The van der Waals surface area contributed by atoms with Gasteiger partial charge in [-0.15, -0.1) is 0 Å². The highest BCUT2D eigenvalue weighted by atomic mass is 35.5. The van der Waals surface area contributed by atoms with Gasteiger partial charge < -0.3 is 4.90 Å². The number of carbonyl (C=O) groups excluding carboxylic acids is 1. The van der Waals surface area contributed by atoms with Gasteiger partial charge in [0.1, 0.15) is 5.69 Å². The fraction of sp³-hybridized carbons (Fsp3) is 0.333. The zero-order valence-electron chi connectivity index (χ0n) is 23.4.